The SMILES string of the molecule is COc1ccc(C(=O)c2ccccc2O)cc1N. The highest BCUT2D eigenvalue weighted by atomic mass is 16.5. The van der Waals surface area contributed by atoms with Gasteiger partial charge in [-0.05, 0) is 30.3 Å². The molecule has 0 unspecified atom stereocenters. The Bertz CT molecular complexity index is 593. The highest BCUT2D eigenvalue weighted by Crippen LogP contribution is 2.25. The summed E-state index contributed by atoms with van der Waals surface area (Å²) >= 11 is 0. The molecule has 2 rings (SSSR count). The number of anilines is 1. The number of hydrogen-bond donors (Lipinski definition) is 2. The second kappa shape index (κ2) is 4.79. The summed E-state index contributed by atoms with van der Waals surface area (Å²) in [6, 6.07) is 11.2. The Labute approximate surface area is 105 Å². The molecule has 0 heterocycles. The summed E-state index contributed by atoms with van der Waals surface area (Å²) in [5, 5.41) is 9.64. The number of phenols is 1. The lowest BCUT2D eigenvalue weighted by molar-refractivity contribution is 0.103. The Morgan fingerprint density at radius 2 is 1.94 bits per heavy atom. The lowest BCUT2D eigenvalue weighted by Gasteiger charge is -2.07. The van der Waals surface area contributed by atoms with Crippen molar-refractivity contribution in [3.8, 4) is 11.5 Å². The van der Waals surface area contributed by atoms with Crippen LogP contribution in [0.4, 0.5) is 5.69 Å². The molecule has 0 atom stereocenters. The van der Waals surface area contributed by atoms with Crippen molar-refractivity contribution in [2.24, 2.45) is 0 Å². The number of phenolic OH excluding ortho intramolecular Hbond substituents is 1. The number of ether oxygens (including phenoxy) is 1. The number of aromatic hydroxyl groups is 1. The first-order chi connectivity index (χ1) is 8.63. The fraction of sp³-hybridized carbons (Fsp3) is 0.0714. The lowest BCUT2D eigenvalue weighted by atomic mass is 10.0. The van der Waals surface area contributed by atoms with Crippen LogP contribution in [-0.4, -0.2) is 18.0 Å². The van der Waals surface area contributed by atoms with Gasteiger partial charge < -0.3 is 15.6 Å². The van der Waals surface area contributed by atoms with Crippen LogP contribution in [0.15, 0.2) is 42.5 Å². The molecule has 0 bridgehead atoms. The van der Waals surface area contributed by atoms with E-state index in [-0.39, 0.29) is 17.1 Å². The monoisotopic (exact) mass is 243 g/mol. The molecule has 0 spiro atoms. The van der Waals surface area contributed by atoms with Crippen molar-refractivity contribution in [3.05, 3.63) is 53.6 Å². The molecule has 92 valence electrons. The summed E-state index contributed by atoms with van der Waals surface area (Å²) in [6.45, 7) is 0. The van der Waals surface area contributed by atoms with Crippen molar-refractivity contribution < 1.29 is 14.6 Å². The molecule has 3 N–H and O–H groups in total. The van der Waals surface area contributed by atoms with Gasteiger partial charge in [0.15, 0.2) is 5.78 Å². The first-order valence-corrected chi connectivity index (χ1v) is 5.39. The van der Waals surface area contributed by atoms with Crippen LogP contribution in [0.5, 0.6) is 11.5 Å². The second-order valence-electron chi connectivity index (χ2n) is 3.80. The van der Waals surface area contributed by atoms with Crippen molar-refractivity contribution in [2.75, 3.05) is 12.8 Å². The smallest absolute Gasteiger partial charge is 0.196 e. The predicted molar refractivity (Wildman–Crippen MR) is 68.9 cm³/mol. The molecule has 0 aliphatic rings. The first-order valence-electron chi connectivity index (χ1n) is 5.39. The number of benzene rings is 2. The van der Waals surface area contributed by atoms with Gasteiger partial charge in [-0.1, -0.05) is 12.1 Å². The molecule has 0 aliphatic heterocycles. The van der Waals surface area contributed by atoms with Gasteiger partial charge in [0.1, 0.15) is 11.5 Å². The number of nitrogen functional groups attached to an aromatic ring is 1. The highest BCUT2D eigenvalue weighted by molar-refractivity contribution is 6.11. The minimum atomic E-state index is -0.276. The maximum absolute atomic E-state index is 12.2. The van der Waals surface area contributed by atoms with Gasteiger partial charge in [0.2, 0.25) is 0 Å². The first kappa shape index (κ1) is 12.0. The van der Waals surface area contributed by atoms with Crippen LogP contribution in [0.25, 0.3) is 0 Å². The average molecular weight is 243 g/mol. The third-order valence-corrected chi connectivity index (χ3v) is 2.64. The molecule has 0 fully saturated rings. The Kier molecular flexibility index (Phi) is 3.19. The topological polar surface area (TPSA) is 72.5 Å². The van der Waals surface area contributed by atoms with Crippen LogP contribution in [0.1, 0.15) is 15.9 Å². The molecule has 4 heteroatoms. The Morgan fingerprint density at radius 1 is 1.22 bits per heavy atom. The van der Waals surface area contributed by atoms with Gasteiger partial charge in [-0.2, -0.15) is 0 Å². The number of para-hydroxylation sites is 1. The van der Waals surface area contributed by atoms with Crippen molar-refractivity contribution in [1.29, 1.82) is 0 Å². The maximum Gasteiger partial charge on any atom is 0.196 e. The molecule has 2 aromatic carbocycles. The van der Waals surface area contributed by atoms with Crippen LogP contribution in [0.2, 0.25) is 0 Å². The minimum Gasteiger partial charge on any atom is -0.507 e. The Balaban J connectivity index is 2.41. The summed E-state index contributed by atoms with van der Waals surface area (Å²) in [5.74, 6) is 0.197. The summed E-state index contributed by atoms with van der Waals surface area (Å²) in [6.07, 6.45) is 0. The van der Waals surface area contributed by atoms with Crippen molar-refractivity contribution in [2.45, 2.75) is 0 Å². The molecule has 0 saturated heterocycles. The molecule has 0 aliphatic carbocycles. The zero-order chi connectivity index (χ0) is 13.1. The zero-order valence-electron chi connectivity index (χ0n) is 9.88. The van der Waals surface area contributed by atoms with E-state index in [9.17, 15) is 9.90 Å². The van der Waals surface area contributed by atoms with Gasteiger partial charge in [0.05, 0.1) is 18.4 Å². The van der Waals surface area contributed by atoms with Crippen LogP contribution < -0.4 is 10.5 Å². The number of carbonyl (C=O) groups excluding carboxylic acids is 1. The van der Waals surface area contributed by atoms with E-state index < -0.39 is 0 Å². The van der Waals surface area contributed by atoms with E-state index >= 15 is 0 Å². The van der Waals surface area contributed by atoms with Gasteiger partial charge >= 0.3 is 0 Å². The van der Waals surface area contributed by atoms with E-state index in [1.54, 1.807) is 30.3 Å². The van der Waals surface area contributed by atoms with E-state index in [1.165, 1.54) is 19.2 Å². The number of rotatable bonds is 3. The number of nitrogens with two attached hydrogens (primary N) is 1. The summed E-state index contributed by atoms with van der Waals surface area (Å²) < 4.78 is 5.02. The molecule has 0 aromatic heterocycles. The fourth-order valence-electron chi connectivity index (χ4n) is 1.70. The highest BCUT2D eigenvalue weighted by Gasteiger charge is 2.14. The Hall–Kier alpha value is -2.49. The van der Waals surface area contributed by atoms with Crippen LogP contribution >= 0.6 is 0 Å². The predicted octanol–water partition coefficient (Wildman–Crippen LogP) is 2.21. The van der Waals surface area contributed by atoms with E-state index in [0.717, 1.165) is 0 Å². The number of ketones is 1. The van der Waals surface area contributed by atoms with Crippen LogP contribution in [-0.2, 0) is 0 Å². The van der Waals surface area contributed by atoms with Gasteiger partial charge in [-0.25, -0.2) is 0 Å². The largest absolute Gasteiger partial charge is 0.507 e. The maximum atomic E-state index is 12.2. The number of methoxy groups -OCH3 is 1. The quantitative estimate of drug-likeness (QED) is 0.640. The molecular formula is C14H13NO3. The molecular weight excluding hydrogens is 230 g/mol. The molecule has 18 heavy (non-hydrogen) atoms. The molecule has 4 nitrogen and oxygen atoms in total. The van der Waals surface area contributed by atoms with Gasteiger partial charge in [0.25, 0.3) is 0 Å². The molecule has 2 aromatic rings. The summed E-state index contributed by atoms with van der Waals surface area (Å²) in [7, 11) is 1.51. The van der Waals surface area contributed by atoms with Crippen molar-refractivity contribution in [3.63, 3.8) is 0 Å². The normalized spacial score (nSPS) is 10.1. The zero-order valence-corrected chi connectivity index (χ0v) is 9.88. The van der Waals surface area contributed by atoms with Crippen LogP contribution in [0, 0.1) is 0 Å². The fourth-order valence-corrected chi connectivity index (χ4v) is 1.70. The van der Waals surface area contributed by atoms with E-state index in [2.05, 4.69) is 0 Å². The molecule has 0 saturated carbocycles. The average Bonchev–Trinajstić information content (AvgIpc) is 2.38. The van der Waals surface area contributed by atoms with E-state index in [4.69, 9.17) is 10.5 Å². The summed E-state index contributed by atoms with van der Waals surface area (Å²) in [5.41, 5.74) is 6.80. The third kappa shape index (κ3) is 2.13. The molecule has 0 radical (unpaired) electrons. The number of hydrogen-bond acceptors (Lipinski definition) is 4. The van der Waals surface area contributed by atoms with E-state index in [1.807, 2.05) is 0 Å². The lowest BCUT2D eigenvalue weighted by Crippen LogP contribution is -2.03. The summed E-state index contributed by atoms with van der Waals surface area (Å²) in [4.78, 5) is 12.2. The number of carbonyl (C=O) groups is 1. The van der Waals surface area contributed by atoms with E-state index in [0.29, 0.717) is 17.0 Å². The van der Waals surface area contributed by atoms with Gasteiger partial charge in [-0.3, -0.25) is 4.79 Å². The molecule has 0 amide bonds. The standard InChI is InChI=1S/C14H13NO3/c1-18-13-7-6-9(8-11(13)15)14(17)10-4-2-3-5-12(10)16/h2-8,16H,15H2,1H3. The van der Waals surface area contributed by atoms with Crippen molar-refractivity contribution in [1.82, 2.24) is 0 Å². The van der Waals surface area contributed by atoms with Gasteiger partial charge in [0, 0.05) is 5.56 Å². The van der Waals surface area contributed by atoms with Crippen LogP contribution in [0.3, 0.4) is 0 Å². The van der Waals surface area contributed by atoms with Crippen molar-refractivity contribution >= 4 is 11.5 Å². The Morgan fingerprint density at radius 3 is 2.56 bits per heavy atom. The second-order valence-corrected chi connectivity index (χ2v) is 3.80. The third-order valence-electron chi connectivity index (χ3n) is 2.64. The van der Waals surface area contributed by atoms with Gasteiger partial charge in [-0.15, -0.1) is 0 Å². The minimum absolute atomic E-state index is 0.0445.